The quantitative estimate of drug-likeness (QED) is 0.181. The second-order valence-corrected chi connectivity index (χ2v) is 15.4. The highest BCUT2D eigenvalue weighted by Crippen LogP contribution is 2.30. The van der Waals surface area contributed by atoms with Gasteiger partial charge in [-0.2, -0.15) is 0 Å². The van der Waals surface area contributed by atoms with E-state index in [4.69, 9.17) is 14.2 Å². The first-order chi connectivity index (χ1) is 25.1. The Morgan fingerprint density at radius 3 is 2.23 bits per heavy atom. The molecule has 2 saturated heterocycles. The van der Waals surface area contributed by atoms with Gasteiger partial charge in [-0.05, 0) is 56.6 Å². The zero-order valence-corrected chi connectivity index (χ0v) is 33.6. The molecule has 1 aromatic rings. The van der Waals surface area contributed by atoms with Crippen LogP contribution >= 0.6 is 0 Å². The lowest BCUT2D eigenvalue weighted by Crippen LogP contribution is -2.61. The Hall–Kier alpha value is -3.55. The average Bonchev–Trinajstić information content (AvgIpc) is 3.83. The number of amides is 4. The first-order valence-corrected chi connectivity index (χ1v) is 19.2. The molecule has 0 aliphatic carbocycles. The van der Waals surface area contributed by atoms with Gasteiger partial charge < -0.3 is 40.0 Å². The molecule has 4 amide bonds. The fourth-order valence-electron chi connectivity index (χ4n) is 7.92. The number of methoxy groups -OCH3 is 3. The largest absolute Gasteiger partial charge is 0.467 e. The molecular weight excluding hydrogens is 678 g/mol. The van der Waals surface area contributed by atoms with E-state index in [0.717, 1.165) is 31.4 Å². The van der Waals surface area contributed by atoms with Gasteiger partial charge in [-0.3, -0.25) is 19.2 Å². The van der Waals surface area contributed by atoms with E-state index in [1.807, 2.05) is 65.0 Å². The van der Waals surface area contributed by atoms with Crippen LogP contribution in [0.5, 0.6) is 0 Å². The third-order valence-corrected chi connectivity index (χ3v) is 11.4. The predicted octanol–water partition coefficient (Wildman–Crippen LogP) is 3.09. The summed E-state index contributed by atoms with van der Waals surface area (Å²) in [5.41, 5.74) is 0.155. The smallest absolute Gasteiger partial charge is 0.328 e. The maximum Gasteiger partial charge on any atom is 0.328 e. The highest BCUT2D eigenvalue weighted by atomic mass is 16.5. The maximum absolute atomic E-state index is 14.2. The molecule has 9 atom stereocenters. The molecule has 13 nitrogen and oxygen atoms in total. The average molecular weight is 744 g/mol. The van der Waals surface area contributed by atoms with Crippen LogP contribution in [0.3, 0.4) is 0 Å². The summed E-state index contributed by atoms with van der Waals surface area (Å²) in [5, 5.41) is 9.16. The van der Waals surface area contributed by atoms with Crippen molar-refractivity contribution in [2.45, 2.75) is 128 Å². The van der Waals surface area contributed by atoms with Crippen molar-refractivity contribution in [2.24, 2.45) is 17.8 Å². The molecule has 0 radical (unpaired) electrons. The molecular formula is C40H65N5O8. The van der Waals surface area contributed by atoms with Crippen LogP contribution in [0, 0.1) is 17.8 Å². The summed E-state index contributed by atoms with van der Waals surface area (Å²) in [5.74, 6) is -2.40. The Kier molecular flexibility index (Phi) is 16.7. The Labute approximate surface area is 316 Å². The first kappa shape index (κ1) is 43.9. The summed E-state index contributed by atoms with van der Waals surface area (Å²) < 4.78 is 16.9. The third kappa shape index (κ3) is 11.0. The van der Waals surface area contributed by atoms with Crippen LogP contribution in [0.15, 0.2) is 30.3 Å². The van der Waals surface area contributed by atoms with Gasteiger partial charge in [0.15, 0.2) is 0 Å². The summed E-state index contributed by atoms with van der Waals surface area (Å²) in [7, 11) is 6.10. The zero-order chi connectivity index (χ0) is 39.5. The second kappa shape index (κ2) is 20.2. The van der Waals surface area contributed by atoms with Crippen LogP contribution in [-0.2, 0) is 44.6 Å². The number of nitrogens with zero attached hydrogens (tertiary/aromatic N) is 2. The minimum Gasteiger partial charge on any atom is -0.467 e. The Balaban J connectivity index is 1.77. The first-order valence-electron chi connectivity index (χ1n) is 19.2. The van der Waals surface area contributed by atoms with E-state index in [-0.39, 0.29) is 54.3 Å². The van der Waals surface area contributed by atoms with Crippen LogP contribution in [0.1, 0.15) is 85.6 Å². The van der Waals surface area contributed by atoms with Crippen molar-refractivity contribution < 1.29 is 38.2 Å². The molecule has 1 aromatic carbocycles. The molecule has 2 fully saturated rings. The van der Waals surface area contributed by atoms with E-state index in [2.05, 4.69) is 16.0 Å². The molecule has 13 heteroatoms. The van der Waals surface area contributed by atoms with Gasteiger partial charge in [-0.25, -0.2) is 4.79 Å². The van der Waals surface area contributed by atoms with E-state index >= 15 is 0 Å². The van der Waals surface area contributed by atoms with Crippen molar-refractivity contribution in [1.29, 1.82) is 0 Å². The Morgan fingerprint density at radius 2 is 1.68 bits per heavy atom. The molecule has 0 spiro atoms. The van der Waals surface area contributed by atoms with Crippen LogP contribution in [0.25, 0.3) is 0 Å². The maximum atomic E-state index is 14.2. The molecule has 0 bridgehead atoms. The van der Waals surface area contributed by atoms with Crippen molar-refractivity contribution in [3.05, 3.63) is 35.9 Å². The summed E-state index contributed by atoms with van der Waals surface area (Å²) in [6.07, 6.45) is 2.71. The minimum atomic E-state index is -0.887. The van der Waals surface area contributed by atoms with E-state index in [1.165, 1.54) is 14.2 Å². The summed E-state index contributed by atoms with van der Waals surface area (Å²) in [6, 6.07) is 6.90. The number of likely N-dealkylation sites (tertiary alicyclic amines) is 1. The van der Waals surface area contributed by atoms with Gasteiger partial charge in [0.05, 0.1) is 49.3 Å². The number of carbonyl (C=O) groups is 5. The molecule has 0 aromatic heterocycles. The van der Waals surface area contributed by atoms with Crippen molar-refractivity contribution >= 4 is 29.6 Å². The van der Waals surface area contributed by atoms with Gasteiger partial charge >= 0.3 is 5.97 Å². The van der Waals surface area contributed by atoms with Crippen molar-refractivity contribution in [2.75, 3.05) is 41.5 Å². The standard InChI is InChI=1S/C40H65N5O8/c1-11-26(4)34(44(7)37(48)33(25(2)3)43-39(50)40(6)20-16-21-41-40)31(51-8)24-32(46)45-22-15-19-30(45)35(52-9)27(5)36(47)42-29(38(49)53-10)23-28-17-13-12-14-18-28/h12-14,17-18,25-27,29-31,33-35,41H,11,15-16,19-24H2,1-10H3,(H,42,47)(H,43,50)/t26-,27+,29-,30-,31+,33-,34-,35+,40-/m0/s1. The number of esters is 1. The fourth-order valence-corrected chi connectivity index (χ4v) is 7.92. The lowest BCUT2D eigenvalue weighted by Gasteiger charge is -2.41. The van der Waals surface area contributed by atoms with E-state index in [1.54, 1.807) is 30.9 Å². The van der Waals surface area contributed by atoms with Gasteiger partial charge in [0.2, 0.25) is 23.6 Å². The summed E-state index contributed by atoms with van der Waals surface area (Å²) >= 11 is 0. The van der Waals surface area contributed by atoms with Crippen molar-refractivity contribution in [3.8, 4) is 0 Å². The van der Waals surface area contributed by atoms with Gasteiger partial charge in [0, 0.05) is 34.2 Å². The molecule has 0 unspecified atom stereocenters. The highest BCUT2D eigenvalue weighted by Gasteiger charge is 2.44. The monoisotopic (exact) mass is 743 g/mol. The molecule has 3 N–H and O–H groups in total. The number of ether oxygens (including phenoxy) is 3. The number of rotatable bonds is 19. The highest BCUT2D eigenvalue weighted by molar-refractivity contribution is 5.92. The van der Waals surface area contributed by atoms with Gasteiger partial charge in [-0.1, -0.05) is 71.4 Å². The van der Waals surface area contributed by atoms with Gasteiger partial charge in [-0.15, -0.1) is 0 Å². The van der Waals surface area contributed by atoms with Crippen LogP contribution < -0.4 is 16.0 Å². The number of likely N-dealkylation sites (N-methyl/N-ethyl adjacent to an activating group) is 1. The Bertz CT molecular complexity index is 1370. The fraction of sp³-hybridized carbons (Fsp3) is 0.725. The molecule has 2 heterocycles. The lowest BCUT2D eigenvalue weighted by atomic mass is 9.89. The molecule has 3 rings (SSSR count). The lowest BCUT2D eigenvalue weighted by molar-refractivity contribution is -0.149. The molecule has 298 valence electrons. The molecule has 2 aliphatic heterocycles. The molecule has 53 heavy (non-hydrogen) atoms. The summed E-state index contributed by atoms with van der Waals surface area (Å²) in [4.78, 5) is 71.4. The minimum absolute atomic E-state index is 0.0127. The number of hydrogen-bond acceptors (Lipinski definition) is 9. The molecule has 2 aliphatic rings. The SMILES string of the molecule is CC[C@H](C)[C@@H]([C@@H](CC(=O)N1CCC[C@H]1[C@H](OC)[C@@H](C)C(=O)N[C@@H](Cc1ccccc1)C(=O)OC)OC)N(C)C(=O)[C@@H](NC(=O)[C@]1(C)CCCN1)C(C)C. The van der Waals surface area contributed by atoms with Crippen molar-refractivity contribution in [1.82, 2.24) is 25.8 Å². The number of hydrogen-bond donors (Lipinski definition) is 3. The van der Waals surface area contributed by atoms with Crippen LogP contribution in [0.4, 0.5) is 0 Å². The Morgan fingerprint density at radius 1 is 1.00 bits per heavy atom. The number of carbonyl (C=O) groups excluding carboxylic acids is 5. The normalized spacial score (nSPS) is 22.6. The van der Waals surface area contributed by atoms with E-state index in [0.29, 0.717) is 19.4 Å². The van der Waals surface area contributed by atoms with Crippen LogP contribution in [0.2, 0.25) is 0 Å². The number of benzene rings is 1. The van der Waals surface area contributed by atoms with Gasteiger partial charge in [0.25, 0.3) is 0 Å². The molecule has 0 saturated carbocycles. The van der Waals surface area contributed by atoms with Crippen molar-refractivity contribution in [3.63, 3.8) is 0 Å². The van der Waals surface area contributed by atoms with Gasteiger partial charge in [0.1, 0.15) is 12.1 Å². The predicted molar refractivity (Wildman–Crippen MR) is 203 cm³/mol. The number of nitrogens with one attached hydrogen (secondary N) is 3. The second-order valence-electron chi connectivity index (χ2n) is 15.4. The van der Waals surface area contributed by atoms with E-state index < -0.39 is 47.8 Å². The van der Waals surface area contributed by atoms with E-state index in [9.17, 15) is 24.0 Å². The third-order valence-electron chi connectivity index (χ3n) is 11.4. The topological polar surface area (TPSA) is 156 Å². The van der Waals surface area contributed by atoms with Crippen LogP contribution in [-0.4, -0.2) is 123 Å². The zero-order valence-electron chi connectivity index (χ0n) is 33.6. The summed E-state index contributed by atoms with van der Waals surface area (Å²) in [6.45, 7) is 12.8.